The van der Waals surface area contributed by atoms with Crippen LogP contribution in [-0.2, 0) is 10.5 Å². The maximum Gasteiger partial charge on any atom is 0.251 e. The molecule has 1 aromatic heterocycles. The van der Waals surface area contributed by atoms with Gasteiger partial charge in [0.25, 0.3) is 5.91 Å². The molecule has 0 bridgehead atoms. The van der Waals surface area contributed by atoms with E-state index in [9.17, 15) is 4.79 Å². The first kappa shape index (κ1) is 25.8. The third-order valence-corrected chi connectivity index (χ3v) is 7.93. The number of amides is 1. The lowest BCUT2D eigenvalue weighted by Crippen LogP contribution is -2.47. The van der Waals surface area contributed by atoms with Crippen LogP contribution in [0.15, 0.2) is 59.8 Å². The van der Waals surface area contributed by atoms with E-state index < -0.39 is 0 Å². The van der Waals surface area contributed by atoms with Crippen LogP contribution in [0.25, 0.3) is 0 Å². The smallest absolute Gasteiger partial charge is 0.251 e. The maximum atomic E-state index is 12.6. The maximum absolute atomic E-state index is 12.6. The number of para-hydroxylation sites is 1. The molecule has 3 heterocycles. The Morgan fingerprint density at radius 2 is 1.89 bits per heavy atom. The Labute approximate surface area is 227 Å². The monoisotopic (exact) mass is 537 g/mol. The van der Waals surface area contributed by atoms with Gasteiger partial charge in [-0.05, 0) is 49.6 Å². The first-order valence-corrected chi connectivity index (χ1v) is 14.1. The van der Waals surface area contributed by atoms with E-state index in [1.807, 2.05) is 55.5 Å². The van der Waals surface area contributed by atoms with Gasteiger partial charge in [0, 0.05) is 62.4 Å². The van der Waals surface area contributed by atoms with E-state index in [-0.39, 0.29) is 12.0 Å². The molecular formula is C28H32ClN5O2S. The summed E-state index contributed by atoms with van der Waals surface area (Å²) in [5.41, 5.74) is 3.76. The molecule has 2 fully saturated rings. The number of carbonyl (C=O) groups excluding carboxylic acids is 1. The van der Waals surface area contributed by atoms with Crippen LogP contribution in [-0.4, -0.2) is 61.3 Å². The van der Waals surface area contributed by atoms with Gasteiger partial charge < -0.3 is 19.9 Å². The molecular weight excluding hydrogens is 506 g/mol. The highest BCUT2D eigenvalue weighted by Crippen LogP contribution is 2.28. The predicted octanol–water partition coefficient (Wildman–Crippen LogP) is 4.97. The average Bonchev–Trinajstić information content (AvgIpc) is 3.45. The lowest BCUT2D eigenvalue weighted by atomic mass is 10.1. The van der Waals surface area contributed by atoms with Crippen LogP contribution in [0.2, 0.25) is 5.02 Å². The van der Waals surface area contributed by atoms with Crippen LogP contribution in [0.4, 0.5) is 11.5 Å². The topological polar surface area (TPSA) is 70.6 Å². The van der Waals surface area contributed by atoms with Crippen molar-refractivity contribution in [1.29, 1.82) is 0 Å². The second kappa shape index (κ2) is 12.2. The summed E-state index contributed by atoms with van der Waals surface area (Å²) in [6, 6.07) is 17.8. The molecule has 2 aliphatic heterocycles. The van der Waals surface area contributed by atoms with Crippen LogP contribution in [0.5, 0.6) is 0 Å². The van der Waals surface area contributed by atoms with E-state index in [4.69, 9.17) is 21.3 Å². The van der Waals surface area contributed by atoms with Gasteiger partial charge in [0.05, 0.1) is 16.8 Å². The number of hydrogen-bond acceptors (Lipinski definition) is 7. The van der Waals surface area contributed by atoms with Crippen molar-refractivity contribution in [3.8, 4) is 0 Å². The van der Waals surface area contributed by atoms with E-state index in [1.54, 1.807) is 11.8 Å². The number of piperazine rings is 1. The van der Waals surface area contributed by atoms with E-state index in [0.717, 1.165) is 78.6 Å². The van der Waals surface area contributed by atoms with Crippen molar-refractivity contribution >= 4 is 40.8 Å². The number of nitrogens with zero attached hydrogens (tertiary/aromatic N) is 4. The van der Waals surface area contributed by atoms with E-state index >= 15 is 0 Å². The molecule has 5 rings (SSSR count). The number of benzene rings is 2. The number of hydrogen-bond donors (Lipinski definition) is 1. The van der Waals surface area contributed by atoms with Crippen molar-refractivity contribution in [2.75, 3.05) is 49.1 Å². The molecule has 2 saturated heterocycles. The van der Waals surface area contributed by atoms with Gasteiger partial charge in [-0.2, -0.15) is 0 Å². The Kier molecular flexibility index (Phi) is 8.48. The third kappa shape index (κ3) is 6.74. The summed E-state index contributed by atoms with van der Waals surface area (Å²) in [7, 11) is 0. The molecule has 0 saturated carbocycles. The van der Waals surface area contributed by atoms with Gasteiger partial charge in [-0.1, -0.05) is 47.6 Å². The SMILES string of the molecule is Cc1cc(N2CCN(c3ccccc3Cl)CC2)nc(SCc2cccc(C(=O)NCC3CCCO3)c2)n1. The summed E-state index contributed by atoms with van der Waals surface area (Å²) >= 11 is 7.99. The van der Waals surface area contributed by atoms with Gasteiger partial charge in [-0.25, -0.2) is 9.97 Å². The number of halogens is 1. The highest BCUT2D eigenvalue weighted by molar-refractivity contribution is 7.98. The first-order valence-electron chi connectivity index (χ1n) is 12.8. The van der Waals surface area contributed by atoms with Crippen LogP contribution in [0.1, 0.15) is 34.5 Å². The summed E-state index contributed by atoms with van der Waals surface area (Å²) in [5, 5.41) is 4.53. The van der Waals surface area contributed by atoms with Crippen molar-refractivity contribution in [2.24, 2.45) is 0 Å². The molecule has 9 heteroatoms. The Morgan fingerprint density at radius 1 is 1.08 bits per heavy atom. The number of ether oxygens (including phenoxy) is 1. The largest absolute Gasteiger partial charge is 0.376 e. The molecule has 0 spiro atoms. The van der Waals surface area contributed by atoms with Gasteiger partial charge >= 0.3 is 0 Å². The molecule has 1 amide bonds. The summed E-state index contributed by atoms with van der Waals surface area (Å²) < 4.78 is 5.60. The molecule has 1 unspecified atom stereocenters. The van der Waals surface area contributed by atoms with Crippen molar-refractivity contribution < 1.29 is 9.53 Å². The number of aryl methyl sites for hydroxylation is 1. The molecule has 37 heavy (non-hydrogen) atoms. The summed E-state index contributed by atoms with van der Waals surface area (Å²) in [4.78, 5) is 26.8. The number of nitrogens with one attached hydrogen (secondary N) is 1. The average molecular weight is 538 g/mol. The molecule has 7 nitrogen and oxygen atoms in total. The zero-order chi connectivity index (χ0) is 25.6. The van der Waals surface area contributed by atoms with Gasteiger partial charge in [-0.3, -0.25) is 4.79 Å². The summed E-state index contributed by atoms with van der Waals surface area (Å²) in [6.07, 6.45) is 2.20. The first-order chi connectivity index (χ1) is 18.0. The lowest BCUT2D eigenvalue weighted by Gasteiger charge is -2.37. The highest BCUT2D eigenvalue weighted by atomic mass is 35.5. The van der Waals surface area contributed by atoms with Crippen LogP contribution in [0, 0.1) is 6.92 Å². The van der Waals surface area contributed by atoms with Gasteiger partial charge in [0.1, 0.15) is 5.82 Å². The second-order valence-corrected chi connectivity index (χ2v) is 10.8. The molecule has 194 valence electrons. The number of rotatable bonds is 8. The molecule has 2 aromatic carbocycles. The molecule has 0 aliphatic carbocycles. The van der Waals surface area contributed by atoms with Crippen LogP contribution in [0.3, 0.4) is 0 Å². The standard InChI is InChI=1S/C28H32ClN5O2S/c1-20-16-26(34-13-11-33(12-14-34)25-10-3-2-9-24(25)29)32-28(31-20)37-19-21-6-4-7-22(17-21)27(35)30-18-23-8-5-15-36-23/h2-4,6-7,9-10,16-17,23H,5,8,11-15,18-19H2,1H3,(H,30,35). The van der Waals surface area contributed by atoms with Crippen LogP contribution < -0.4 is 15.1 Å². The van der Waals surface area contributed by atoms with E-state index in [2.05, 4.69) is 26.2 Å². The molecule has 1 atom stereocenters. The molecule has 2 aliphatic rings. The zero-order valence-electron chi connectivity index (χ0n) is 21.0. The Morgan fingerprint density at radius 3 is 2.68 bits per heavy atom. The Balaban J connectivity index is 1.18. The summed E-state index contributed by atoms with van der Waals surface area (Å²) in [5.74, 6) is 1.58. The Hall–Kier alpha value is -2.81. The number of carbonyl (C=O) groups is 1. The minimum absolute atomic E-state index is 0.0626. The van der Waals surface area contributed by atoms with Gasteiger partial charge in [-0.15, -0.1) is 0 Å². The van der Waals surface area contributed by atoms with E-state index in [0.29, 0.717) is 17.9 Å². The number of aromatic nitrogens is 2. The predicted molar refractivity (Wildman–Crippen MR) is 150 cm³/mol. The van der Waals surface area contributed by atoms with Crippen molar-refractivity contribution in [2.45, 2.75) is 36.8 Å². The quantitative estimate of drug-likeness (QED) is 0.321. The fourth-order valence-corrected chi connectivity index (χ4v) is 5.80. The second-order valence-electron chi connectivity index (χ2n) is 9.41. The summed E-state index contributed by atoms with van der Waals surface area (Å²) in [6.45, 7) is 6.87. The molecule has 1 N–H and O–H groups in total. The number of thioether (sulfide) groups is 1. The highest BCUT2D eigenvalue weighted by Gasteiger charge is 2.21. The molecule has 0 radical (unpaired) electrons. The van der Waals surface area contributed by atoms with Crippen molar-refractivity contribution in [3.05, 3.63) is 76.4 Å². The van der Waals surface area contributed by atoms with Crippen molar-refractivity contribution in [3.63, 3.8) is 0 Å². The van der Waals surface area contributed by atoms with Gasteiger partial charge in [0.2, 0.25) is 0 Å². The zero-order valence-corrected chi connectivity index (χ0v) is 22.6. The minimum Gasteiger partial charge on any atom is -0.376 e. The van der Waals surface area contributed by atoms with Gasteiger partial charge in [0.15, 0.2) is 5.16 Å². The Bertz CT molecular complexity index is 1230. The normalized spacial score (nSPS) is 17.7. The minimum atomic E-state index is -0.0626. The fraction of sp³-hybridized carbons (Fsp3) is 0.393. The molecule has 3 aromatic rings. The number of anilines is 2. The van der Waals surface area contributed by atoms with Crippen LogP contribution >= 0.6 is 23.4 Å². The van der Waals surface area contributed by atoms with Crippen molar-refractivity contribution in [1.82, 2.24) is 15.3 Å². The third-order valence-electron chi connectivity index (χ3n) is 6.69. The lowest BCUT2D eigenvalue weighted by molar-refractivity contribution is 0.0857. The van der Waals surface area contributed by atoms with E-state index in [1.165, 1.54) is 0 Å². The fourth-order valence-electron chi connectivity index (χ4n) is 4.70.